The van der Waals surface area contributed by atoms with Gasteiger partial charge in [-0.05, 0) is 36.6 Å². The maximum absolute atomic E-state index is 5.68. The fraction of sp³-hybridized carbons (Fsp3) is 0.400. The van der Waals surface area contributed by atoms with Crippen molar-refractivity contribution in [3.8, 4) is 5.75 Å². The number of aromatic nitrogens is 1. The van der Waals surface area contributed by atoms with Crippen LogP contribution in [0, 0.1) is 0 Å². The maximum atomic E-state index is 5.68. The molecule has 4 nitrogen and oxygen atoms in total. The highest BCUT2D eigenvalue weighted by Gasteiger charge is 2.24. The number of nitrogen functional groups attached to an aromatic ring is 1. The standard InChI is InChI=1S/C15H19N3OS/c1-19-13-4-2-11(3-5-13)12-6-7-18(9-12)10-14-8-17-15(16)20-14/h2-5,8,12H,6-7,9-10H2,1H3,(H2,16,17). The highest BCUT2D eigenvalue weighted by atomic mass is 32.1. The summed E-state index contributed by atoms with van der Waals surface area (Å²) in [7, 11) is 1.70. The highest BCUT2D eigenvalue weighted by Crippen LogP contribution is 2.30. The van der Waals surface area contributed by atoms with Crippen LogP contribution >= 0.6 is 11.3 Å². The van der Waals surface area contributed by atoms with Gasteiger partial charge in [0.25, 0.3) is 0 Å². The number of thiazole rings is 1. The second kappa shape index (κ2) is 5.81. The lowest BCUT2D eigenvalue weighted by Gasteiger charge is -2.15. The Morgan fingerprint density at radius 2 is 2.20 bits per heavy atom. The number of methoxy groups -OCH3 is 1. The minimum absolute atomic E-state index is 0.617. The van der Waals surface area contributed by atoms with E-state index in [0.717, 1.165) is 25.4 Å². The number of benzene rings is 1. The van der Waals surface area contributed by atoms with Crippen LogP contribution in [-0.2, 0) is 6.54 Å². The molecule has 1 aliphatic rings. The molecule has 0 amide bonds. The van der Waals surface area contributed by atoms with Crippen LogP contribution in [0.1, 0.15) is 22.8 Å². The molecule has 0 bridgehead atoms. The number of hydrogen-bond donors (Lipinski definition) is 1. The molecule has 1 saturated heterocycles. The number of hydrogen-bond acceptors (Lipinski definition) is 5. The van der Waals surface area contributed by atoms with E-state index in [-0.39, 0.29) is 0 Å². The van der Waals surface area contributed by atoms with E-state index in [1.165, 1.54) is 16.9 Å². The average molecular weight is 289 g/mol. The van der Waals surface area contributed by atoms with Gasteiger partial charge < -0.3 is 10.5 Å². The van der Waals surface area contributed by atoms with Crippen LogP contribution in [0.15, 0.2) is 30.5 Å². The SMILES string of the molecule is COc1ccc(C2CCN(Cc3cnc(N)s3)C2)cc1. The maximum Gasteiger partial charge on any atom is 0.180 e. The van der Waals surface area contributed by atoms with Crippen molar-refractivity contribution in [1.29, 1.82) is 0 Å². The number of nitrogens with two attached hydrogens (primary N) is 1. The lowest BCUT2D eigenvalue weighted by Crippen LogP contribution is -2.19. The van der Waals surface area contributed by atoms with E-state index in [4.69, 9.17) is 10.5 Å². The molecule has 0 aliphatic carbocycles. The van der Waals surface area contributed by atoms with Crippen LogP contribution in [0.5, 0.6) is 5.75 Å². The minimum atomic E-state index is 0.617. The summed E-state index contributed by atoms with van der Waals surface area (Å²) >= 11 is 1.59. The fourth-order valence-electron chi connectivity index (χ4n) is 2.74. The number of anilines is 1. The van der Waals surface area contributed by atoms with Crippen molar-refractivity contribution in [3.63, 3.8) is 0 Å². The van der Waals surface area contributed by atoms with Crippen LogP contribution in [-0.4, -0.2) is 30.1 Å². The van der Waals surface area contributed by atoms with E-state index >= 15 is 0 Å². The minimum Gasteiger partial charge on any atom is -0.497 e. The van der Waals surface area contributed by atoms with Crippen molar-refractivity contribution in [3.05, 3.63) is 40.9 Å². The zero-order chi connectivity index (χ0) is 13.9. The summed E-state index contributed by atoms with van der Waals surface area (Å²) in [5, 5.41) is 0.658. The van der Waals surface area contributed by atoms with Crippen LogP contribution in [0.25, 0.3) is 0 Å². The van der Waals surface area contributed by atoms with Gasteiger partial charge in [-0.15, -0.1) is 11.3 Å². The zero-order valence-electron chi connectivity index (χ0n) is 11.6. The van der Waals surface area contributed by atoms with Crippen molar-refractivity contribution >= 4 is 16.5 Å². The molecule has 1 aromatic carbocycles. The van der Waals surface area contributed by atoms with E-state index in [1.54, 1.807) is 18.4 Å². The van der Waals surface area contributed by atoms with Crippen molar-refractivity contribution in [2.75, 3.05) is 25.9 Å². The van der Waals surface area contributed by atoms with E-state index in [2.05, 4.69) is 22.0 Å². The number of ether oxygens (including phenoxy) is 1. The third-order valence-corrected chi connectivity index (χ3v) is 4.62. The molecule has 2 aromatic rings. The molecular formula is C15H19N3OS. The van der Waals surface area contributed by atoms with Gasteiger partial charge in [0, 0.05) is 24.2 Å². The molecule has 1 fully saturated rings. The van der Waals surface area contributed by atoms with Crippen LogP contribution in [0.4, 0.5) is 5.13 Å². The van der Waals surface area contributed by atoms with Crippen LogP contribution in [0.3, 0.4) is 0 Å². The predicted molar refractivity (Wildman–Crippen MR) is 82.2 cm³/mol. The molecule has 3 rings (SSSR count). The van der Waals surface area contributed by atoms with E-state index in [9.17, 15) is 0 Å². The van der Waals surface area contributed by atoms with Crippen LogP contribution < -0.4 is 10.5 Å². The van der Waals surface area contributed by atoms with Crippen molar-refractivity contribution in [2.24, 2.45) is 0 Å². The van der Waals surface area contributed by atoms with Gasteiger partial charge in [-0.3, -0.25) is 4.90 Å². The van der Waals surface area contributed by atoms with Gasteiger partial charge in [-0.1, -0.05) is 12.1 Å². The smallest absolute Gasteiger partial charge is 0.180 e. The monoisotopic (exact) mass is 289 g/mol. The average Bonchev–Trinajstić information content (AvgIpc) is 3.09. The molecule has 20 heavy (non-hydrogen) atoms. The Morgan fingerprint density at radius 1 is 1.40 bits per heavy atom. The quantitative estimate of drug-likeness (QED) is 0.940. The molecule has 1 aromatic heterocycles. The van der Waals surface area contributed by atoms with Gasteiger partial charge in [-0.25, -0.2) is 4.98 Å². The normalized spacial score (nSPS) is 19.4. The summed E-state index contributed by atoms with van der Waals surface area (Å²) in [4.78, 5) is 7.83. The molecule has 1 unspecified atom stereocenters. The van der Waals surface area contributed by atoms with E-state index in [1.807, 2.05) is 18.3 Å². The van der Waals surface area contributed by atoms with Crippen molar-refractivity contribution in [2.45, 2.75) is 18.9 Å². The molecule has 106 valence electrons. The molecule has 1 aliphatic heterocycles. The summed E-state index contributed by atoms with van der Waals surface area (Å²) in [5.41, 5.74) is 7.08. The Bertz CT molecular complexity index is 567. The molecule has 2 heterocycles. The largest absolute Gasteiger partial charge is 0.497 e. The second-order valence-corrected chi connectivity index (χ2v) is 6.31. The number of rotatable bonds is 4. The van der Waals surface area contributed by atoms with Gasteiger partial charge >= 0.3 is 0 Å². The van der Waals surface area contributed by atoms with Crippen molar-refractivity contribution in [1.82, 2.24) is 9.88 Å². The topological polar surface area (TPSA) is 51.4 Å². The third kappa shape index (κ3) is 2.94. The summed E-state index contributed by atoms with van der Waals surface area (Å²) < 4.78 is 5.21. The Kier molecular flexibility index (Phi) is 3.89. The Morgan fingerprint density at radius 3 is 2.85 bits per heavy atom. The summed E-state index contributed by atoms with van der Waals surface area (Å²) in [6.07, 6.45) is 3.10. The summed E-state index contributed by atoms with van der Waals surface area (Å²) in [6.45, 7) is 3.19. The first-order chi connectivity index (χ1) is 9.74. The second-order valence-electron chi connectivity index (χ2n) is 5.16. The first-order valence-corrected chi connectivity index (χ1v) is 7.63. The van der Waals surface area contributed by atoms with Gasteiger partial charge in [0.2, 0.25) is 0 Å². The zero-order valence-corrected chi connectivity index (χ0v) is 12.4. The summed E-state index contributed by atoms with van der Waals surface area (Å²) in [6, 6.07) is 8.44. The Hall–Kier alpha value is -1.59. The van der Waals surface area contributed by atoms with E-state index < -0.39 is 0 Å². The molecule has 5 heteroatoms. The lowest BCUT2D eigenvalue weighted by molar-refractivity contribution is 0.329. The number of nitrogens with zero attached hydrogens (tertiary/aromatic N) is 2. The first-order valence-electron chi connectivity index (χ1n) is 6.81. The molecule has 0 radical (unpaired) electrons. The van der Waals surface area contributed by atoms with Gasteiger partial charge in [0.15, 0.2) is 5.13 Å². The summed E-state index contributed by atoms with van der Waals surface area (Å²) in [5.74, 6) is 1.54. The Balaban J connectivity index is 1.61. The van der Waals surface area contributed by atoms with Gasteiger partial charge in [0.1, 0.15) is 5.75 Å². The molecular weight excluding hydrogens is 270 g/mol. The highest BCUT2D eigenvalue weighted by molar-refractivity contribution is 7.15. The third-order valence-electron chi connectivity index (χ3n) is 3.81. The first kappa shape index (κ1) is 13.4. The van der Waals surface area contributed by atoms with Gasteiger partial charge in [-0.2, -0.15) is 0 Å². The van der Waals surface area contributed by atoms with Crippen molar-refractivity contribution < 1.29 is 4.74 Å². The molecule has 1 atom stereocenters. The van der Waals surface area contributed by atoms with Gasteiger partial charge in [0.05, 0.1) is 7.11 Å². The predicted octanol–water partition coefficient (Wildman–Crippen LogP) is 2.72. The molecule has 0 spiro atoms. The van der Waals surface area contributed by atoms with E-state index in [0.29, 0.717) is 11.0 Å². The fourth-order valence-corrected chi connectivity index (χ4v) is 3.47. The molecule has 0 saturated carbocycles. The van der Waals surface area contributed by atoms with Crippen LogP contribution in [0.2, 0.25) is 0 Å². The molecule has 2 N–H and O–H groups in total. The lowest BCUT2D eigenvalue weighted by atomic mass is 9.98. The Labute approximate surface area is 123 Å². The number of likely N-dealkylation sites (tertiary alicyclic amines) is 1.